The molecule has 1 atom stereocenters. The van der Waals surface area contributed by atoms with Gasteiger partial charge in [0.05, 0.1) is 5.54 Å². The summed E-state index contributed by atoms with van der Waals surface area (Å²) in [7, 11) is 2.01. The van der Waals surface area contributed by atoms with Crippen LogP contribution in [0.15, 0.2) is 24.3 Å². The molecule has 2 aromatic rings. The number of nitrogens with zero attached hydrogens (tertiary/aromatic N) is 2. The molecule has 3 nitrogen and oxygen atoms in total. The highest BCUT2D eigenvalue weighted by Crippen LogP contribution is 2.48. The fraction of sp³-hybridized carbons (Fsp3) is 0.438. The quantitative estimate of drug-likeness (QED) is 0.709. The first-order valence-electron chi connectivity index (χ1n) is 7.04. The summed E-state index contributed by atoms with van der Waals surface area (Å²) in [5.41, 5.74) is 3.25. The Bertz CT molecular complexity index is 700. The number of aryl methyl sites for hydroxylation is 1. The fourth-order valence-corrected chi connectivity index (χ4v) is 4.02. The Hall–Kier alpha value is -1.77. The second-order valence-corrected chi connectivity index (χ2v) is 5.99. The zero-order chi connectivity index (χ0) is 13.2. The van der Waals surface area contributed by atoms with Gasteiger partial charge in [-0.3, -0.25) is 4.79 Å². The van der Waals surface area contributed by atoms with E-state index in [2.05, 4.69) is 34.6 Å². The molecular weight excluding hydrogens is 236 g/mol. The van der Waals surface area contributed by atoms with Gasteiger partial charge in [0, 0.05) is 30.1 Å². The number of aromatic nitrogens is 1. The van der Waals surface area contributed by atoms with Crippen LogP contribution in [0.3, 0.4) is 0 Å². The molecule has 1 unspecified atom stereocenters. The lowest BCUT2D eigenvalue weighted by molar-refractivity contribution is 0.0461. The number of hydrogen-bond acceptors (Lipinski definition) is 1. The lowest BCUT2D eigenvalue weighted by Crippen LogP contribution is -2.45. The van der Waals surface area contributed by atoms with E-state index in [-0.39, 0.29) is 11.4 Å². The molecule has 3 heteroatoms. The van der Waals surface area contributed by atoms with Crippen molar-refractivity contribution in [2.24, 2.45) is 7.05 Å². The first kappa shape index (κ1) is 11.1. The topological polar surface area (TPSA) is 25.2 Å². The standard InChI is InChI=1S/C16H18N2O/c1-16-9-5-6-10-18(16)15(19)14-13(16)11-7-3-4-8-12(11)17(14)2/h3-4,7-8H,5-6,9-10H2,1-2H3. The van der Waals surface area contributed by atoms with Gasteiger partial charge in [-0.2, -0.15) is 0 Å². The van der Waals surface area contributed by atoms with Gasteiger partial charge in [0.1, 0.15) is 5.69 Å². The number of carbonyl (C=O) groups excluding carboxylic acids is 1. The number of rotatable bonds is 0. The summed E-state index contributed by atoms with van der Waals surface area (Å²) in [6.07, 6.45) is 3.43. The second-order valence-electron chi connectivity index (χ2n) is 5.99. The van der Waals surface area contributed by atoms with Crippen LogP contribution in [-0.2, 0) is 12.6 Å². The number of piperidine rings is 1. The lowest BCUT2D eigenvalue weighted by Gasteiger charge is -2.40. The summed E-state index contributed by atoms with van der Waals surface area (Å²) < 4.78 is 2.08. The molecule has 1 fully saturated rings. The van der Waals surface area contributed by atoms with Crippen molar-refractivity contribution >= 4 is 16.8 Å². The zero-order valence-corrected chi connectivity index (χ0v) is 11.4. The SMILES string of the molecule is Cn1c2c(c3ccccc31)C1(C)CCCCN1C2=O. The van der Waals surface area contributed by atoms with E-state index in [1.165, 1.54) is 22.9 Å². The van der Waals surface area contributed by atoms with Gasteiger partial charge in [0.25, 0.3) is 5.91 Å². The predicted octanol–water partition coefficient (Wildman–Crippen LogP) is 3.03. The third kappa shape index (κ3) is 1.16. The number of benzene rings is 1. The minimum atomic E-state index is -0.0917. The van der Waals surface area contributed by atoms with Gasteiger partial charge in [-0.15, -0.1) is 0 Å². The highest BCUT2D eigenvalue weighted by molar-refractivity contribution is 6.06. The minimum absolute atomic E-state index is 0.0917. The van der Waals surface area contributed by atoms with Crippen LogP contribution >= 0.6 is 0 Å². The van der Waals surface area contributed by atoms with E-state index in [1.807, 2.05) is 13.1 Å². The van der Waals surface area contributed by atoms with Gasteiger partial charge in [-0.05, 0) is 32.3 Å². The maximum absolute atomic E-state index is 12.7. The summed E-state index contributed by atoms with van der Waals surface area (Å²) in [6, 6.07) is 8.38. The van der Waals surface area contributed by atoms with Gasteiger partial charge in [0.2, 0.25) is 0 Å². The van der Waals surface area contributed by atoms with Crippen molar-refractivity contribution in [2.45, 2.75) is 31.7 Å². The summed E-state index contributed by atoms with van der Waals surface area (Å²) in [5.74, 6) is 0.218. The van der Waals surface area contributed by atoms with E-state index in [0.717, 1.165) is 25.1 Å². The van der Waals surface area contributed by atoms with Crippen molar-refractivity contribution in [1.29, 1.82) is 0 Å². The molecule has 98 valence electrons. The average Bonchev–Trinajstić information content (AvgIpc) is 2.85. The molecule has 0 aliphatic carbocycles. The first-order chi connectivity index (χ1) is 9.14. The van der Waals surface area contributed by atoms with Crippen molar-refractivity contribution in [3.8, 4) is 0 Å². The van der Waals surface area contributed by atoms with Crippen LogP contribution in [0.2, 0.25) is 0 Å². The van der Waals surface area contributed by atoms with Crippen LogP contribution in [-0.4, -0.2) is 21.9 Å². The first-order valence-corrected chi connectivity index (χ1v) is 7.04. The summed E-state index contributed by atoms with van der Waals surface area (Å²) in [4.78, 5) is 14.8. The van der Waals surface area contributed by atoms with E-state index in [4.69, 9.17) is 0 Å². The molecule has 1 aromatic heterocycles. The van der Waals surface area contributed by atoms with Crippen LogP contribution in [0, 0.1) is 0 Å². The molecule has 4 rings (SSSR count). The number of carbonyl (C=O) groups is 1. The van der Waals surface area contributed by atoms with Crippen LogP contribution in [0.4, 0.5) is 0 Å². The fourth-order valence-electron chi connectivity index (χ4n) is 4.02. The van der Waals surface area contributed by atoms with Gasteiger partial charge in [-0.25, -0.2) is 0 Å². The normalized spacial score (nSPS) is 25.8. The molecule has 0 saturated carbocycles. The smallest absolute Gasteiger partial charge is 0.271 e. The van der Waals surface area contributed by atoms with Crippen molar-refractivity contribution in [1.82, 2.24) is 9.47 Å². The van der Waals surface area contributed by atoms with E-state index < -0.39 is 0 Å². The molecule has 0 spiro atoms. The molecule has 3 heterocycles. The van der Waals surface area contributed by atoms with Crippen LogP contribution in [0.5, 0.6) is 0 Å². The maximum atomic E-state index is 12.7. The Balaban J connectivity index is 2.11. The number of fused-ring (bicyclic) bond motifs is 5. The lowest BCUT2D eigenvalue weighted by atomic mass is 9.84. The summed E-state index contributed by atoms with van der Waals surface area (Å²) >= 11 is 0. The molecule has 2 aliphatic heterocycles. The third-order valence-corrected chi connectivity index (χ3v) is 4.98. The molecule has 19 heavy (non-hydrogen) atoms. The van der Waals surface area contributed by atoms with E-state index in [0.29, 0.717) is 0 Å². The summed E-state index contributed by atoms with van der Waals surface area (Å²) in [6.45, 7) is 3.14. The van der Waals surface area contributed by atoms with Crippen LogP contribution in [0.1, 0.15) is 42.2 Å². The Morgan fingerprint density at radius 3 is 2.84 bits per heavy atom. The van der Waals surface area contributed by atoms with Gasteiger partial charge < -0.3 is 9.47 Å². The summed E-state index contributed by atoms with van der Waals surface area (Å²) in [5, 5.41) is 1.25. The van der Waals surface area contributed by atoms with Crippen molar-refractivity contribution < 1.29 is 4.79 Å². The highest BCUT2D eigenvalue weighted by Gasteiger charge is 2.50. The molecule has 0 bridgehead atoms. The second kappa shape index (κ2) is 3.41. The Kier molecular flexibility index (Phi) is 1.99. The maximum Gasteiger partial charge on any atom is 0.271 e. The average molecular weight is 254 g/mol. The zero-order valence-electron chi connectivity index (χ0n) is 11.4. The van der Waals surface area contributed by atoms with Gasteiger partial charge in [-0.1, -0.05) is 18.2 Å². The van der Waals surface area contributed by atoms with Crippen molar-refractivity contribution in [3.05, 3.63) is 35.5 Å². The van der Waals surface area contributed by atoms with Crippen LogP contribution in [0.25, 0.3) is 10.9 Å². The monoisotopic (exact) mass is 254 g/mol. The van der Waals surface area contributed by atoms with Gasteiger partial charge in [0.15, 0.2) is 0 Å². The number of amides is 1. The molecule has 1 amide bonds. The molecule has 0 radical (unpaired) electrons. The Labute approximate surface area is 112 Å². The Morgan fingerprint density at radius 2 is 2.00 bits per heavy atom. The predicted molar refractivity (Wildman–Crippen MR) is 75.2 cm³/mol. The molecular formula is C16H18N2O. The van der Waals surface area contributed by atoms with E-state index in [9.17, 15) is 4.79 Å². The molecule has 2 aliphatic rings. The van der Waals surface area contributed by atoms with E-state index in [1.54, 1.807) is 0 Å². The third-order valence-electron chi connectivity index (χ3n) is 4.98. The van der Waals surface area contributed by atoms with E-state index >= 15 is 0 Å². The molecule has 0 N–H and O–H groups in total. The number of para-hydroxylation sites is 1. The number of hydrogen-bond donors (Lipinski definition) is 0. The molecule has 1 aromatic carbocycles. The van der Waals surface area contributed by atoms with Crippen LogP contribution < -0.4 is 0 Å². The Morgan fingerprint density at radius 1 is 1.21 bits per heavy atom. The van der Waals surface area contributed by atoms with Gasteiger partial charge >= 0.3 is 0 Å². The minimum Gasteiger partial charge on any atom is -0.339 e. The largest absolute Gasteiger partial charge is 0.339 e. The van der Waals surface area contributed by atoms with Crippen molar-refractivity contribution in [3.63, 3.8) is 0 Å². The highest BCUT2D eigenvalue weighted by atomic mass is 16.2. The van der Waals surface area contributed by atoms with Crippen molar-refractivity contribution in [2.75, 3.05) is 6.54 Å². The molecule has 1 saturated heterocycles.